The lowest BCUT2D eigenvalue weighted by molar-refractivity contribution is 0.0959. The van der Waals surface area contributed by atoms with Crippen LogP contribution in [0.1, 0.15) is 28.1 Å². The summed E-state index contributed by atoms with van der Waals surface area (Å²) in [4.78, 5) is 14.7. The van der Waals surface area contributed by atoms with Crippen molar-refractivity contribution in [2.75, 3.05) is 11.4 Å². The third-order valence-corrected chi connectivity index (χ3v) is 4.51. The summed E-state index contributed by atoms with van der Waals surface area (Å²) in [6, 6.07) is 19.9. The standard InChI is InChI=1S/C21H19NO2/c1-15-8-10-17(11-9-15)19-12-13-20(24-19)21(23)22-14-4-6-16-5-2-3-7-18(16)22/h2-3,5,7-13H,4,6,14H2,1H3. The van der Waals surface area contributed by atoms with Crippen LogP contribution in [-0.4, -0.2) is 12.5 Å². The minimum atomic E-state index is -0.0690. The molecular formula is C21H19NO2. The third-order valence-electron chi connectivity index (χ3n) is 4.51. The first kappa shape index (κ1) is 14.8. The molecule has 2 heterocycles. The van der Waals surface area contributed by atoms with Crippen molar-refractivity contribution in [3.63, 3.8) is 0 Å². The van der Waals surface area contributed by atoms with E-state index in [2.05, 4.69) is 13.0 Å². The molecule has 3 nitrogen and oxygen atoms in total. The lowest BCUT2D eigenvalue weighted by atomic mass is 10.0. The molecule has 3 aromatic rings. The molecule has 0 unspecified atom stereocenters. The van der Waals surface area contributed by atoms with Gasteiger partial charge in [0, 0.05) is 17.8 Å². The van der Waals surface area contributed by atoms with Crippen molar-refractivity contribution in [3.8, 4) is 11.3 Å². The normalized spacial score (nSPS) is 13.6. The van der Waals surface area contributed by atoms with E-state index in [-0.39, 0.29) is 5.91 Å². The van der Waals surface area contributed by atoms with Crippen molar-refractivity contribution in [3.05, 3.63) is 77.6 Å². The Bertz CT molecular complexity index is 877. The molecule has 0 atom stereocenters. The fourth-order valence-electron chi connectivity index (χ4n) is 3.20. The molecule has 24 heavy (non-hydrogen) atoms. The highest BCUT2D eigenvalue weighted by Gasteiger charge is 2.25. The molecule has 3 heteroatoms. The number of para-hydroxylation sites is 1. The molecule has 0 radical (unpaired) electrons. The van der Waals surface area contributed by atoms with Gasteiger partial charge in [0.1, 0.15) is 5.76 Å². The molecule has 120 valence electrons. The second kappa shape index (κ2) is 6.00. The summed E-state index contributed by atoms with van der Waals surface area (Å²) in [6.07, 6.45) is 2.00. The Hall–Kier alpha value is -2.81. The van der Waals surface area contributed by atoms with Crippen molar-refractivity contribution < 1.29 is 9.21 Å². The minimum Gasteiger partial charge on any atom is -0.451 e. The van der Waals surface area contributed by atoms with Crippen LogP contribution < -0.4 is 4.90 Å². The predicted octanol–water partition coefficient (Wildman–Crippen LogP) is 4.85. The summed E-state index contributed by atoms with van der Waals surface area (Å²) in [5, 5.41) is 0. The van der Waals surface area contributed by atoms with Crippen LogP contribution in [0.15, 0.2) is 65.1 Å². The molecule has 1 amide bonds. The van der Waals surface area contributed by atoms with Crippen LogP contribution in [0.5, 0.6) is 0 Å². The van der Waals surface area contributed by atoms with Crippen molar-refractivity contribution in [2.24, 2.45) is 0 Å². The molecule has 2 aromatic carbocycles. The van der Waals surface area contributed by atoms with E-state index in [0.717, 1.165) is 36.4 Å². The highest BCUT2D eigenvalue weighted by Crippen LogP contribution is 2.29. The number of aryl methyl sites for hydroxylation is 2. The van der Waals surface area contributed by atoms with E-state index in [4.69, 9.17) is 4.42 Å². The predicted molar refractivity (Wildman–Crippen MR) is 95.3 cm³/mol. The van der Waals surface area contributed by atoms with Crippen LogP contribution in [0.2, 0.25) is 0 Å². The van der Waals surface area contributed by atoms with Crippen molar-refractivity contribution >= 4 is 11.6 Å². The highest BCUT2D eigenvalue weighted by atomic mass is 16.4. The van der Waals surface area contributed by atoms with E-state index < -0.39 is 0 Å². The van der Waals surface area contributed by atoms with Crippen LogP contribution in [0.3, 0.4) is 0 Å². The average Bonchev–Trinajstić information content (AvgIpc) is 3.11. The van der Waals surface area contributed by atoms with Gasteiger partial charge in [0.05, 0.1) is 0 Å². The molecule has 4 rings (SSSR count). The fraction of sp³-hybridized carbons (Fsp3) is 0.190. The fourth-order valence-corrected chi connectivity index (χ4v) is 3.20. The van der Waals surface area contributed by atoms with Crippen LogP contribution in [-0.2, 0) is 6.42 Å². The Morgan fingerprint density at radius 2 is 1.79 bits per heavy atom. The van der Waals surface area contributed by atoms with Gasteiger partial charge in [-0.3, -0.25) is 4.79 Å². The number of carbonyl (C=O) groups excluding carboxylic acids is 1. The van der Waals surface area contributed by atoms with Gasteiger partial charge in [0.15, 0.2) is 5.76 Å². The van der Waals surface area contributed by atoms with Crippen molar-refractivity contribution in [1.29, 1.82) is 0 Å². The molecule has 0 aliphatic carbocycles. The Morgan fingerprint density at radius 1 is 1.00 bits per heavy atom. The van der Waals surface area contributed by atoms with Gasteiger partial charge in [-0.25, -0.2) is 0 Å². The lowest BCUT2D eigenvalue weighted by Crippen LogP contribution is -2.35. The largest absolute Gasteiger partial charge is 0.451 e. The first-order valence-electron chi connectivity index (χ1n) is 8.29. The first-order valence-corrected chi connectivity index (χ1v) is 8.29. The Kier molecular flexibility index (Phi) is 3.69. The lowest BCUT2D eigenvalue weighted by Gasteiger charge is -2.28. The van der Waals surface area contributed by atoms with Crippen LogP contribution in [0.25, 0.3) is 11.3 Å². The summed E-state index contributed by atoms with van der Waals surface area (Å²) >= 11 is 0. The van der Waals surface area contributed by atoms with E-state index in [1.165, 1.54) is 11.1 Å². The molecule has 1 aliphatic rings. The van der Waals surface area contributed by atoms with Crippen LogP contribution in [0, 0.1) is 6.92 Å². The van der Waals surface area contributed by atoms with Gasteiger partial charge in [0.25, 0.3) is 5.91 Å². The van der Waals surface area contributed by atoms with Gasteiger partial charge in [-0.15, -0.1) is 0 Å². The molecule has 0 N–H and O–H groups in total. The number of anilines is 1. The van der Waals surface area contributed by atoms with Gasteiger partial charge in [-0.05, 0) is 43.5 Å². The van der Waals surface area contributed by atoms with E-state index in [0.29, 0.717) is 5.76 Å². The van der Waals surface area contributed by atoms with Crippen molar-refractivity contribution in [2.45, 2.75) is 19.8 Å². The van der Waals surface area contributed by atoms with Gasteiger partial charge < -0.3 is 9.32 Å². The molecule has 0 fully saturated rings. The number of hydrogen-bond acceptors (Lipinski definition) is 2. The summed E-state index contributed by atoms with van der Waals surface area (Å²) < 4.78 is 5.85. The topological polar surface area (TPSA) is 33.5 Å². The monoisotopic (exact) mass is 317 g/mol. The van der Waals surface area contributed by atoms with Gasteiger partial charge in [0.2, 0.25) is 0 Å². The van der Waals surface area contributed by atoms with E-state index in [9.17, 15) is 4.79 Å². The van der Waals surface area contributed by atoms with E-state index in [1.807, 2.05) is 53.4 Å². The van der Waals surface area contributed by atoms with E-state index in [1.54, 1.807) is 6.07 Å². The maximum absolute atomic E-state index is 12.9. The van der Waals surface area contributed by atoms with Gasteiger partial charge >= 0.3 is 0 Å². The molecular weight excluding hydrogens is 298 g/mol. The molecule has 0 saturated carbocycles. The maximum Gasteiger partial charge on any atom is 0.293 e. The van der Waals surface area contributed by atoms with Crippen LogP contribution >= 0.6 is 0 Å². The Morgan fingerprint density at radius 3 is 2.62 bits per heavy atom. The molecule has 0 bridgehead atoms. The smallest absolute Gasteiger partial charge is 0.293 e. The number of amides is 1. The van der Waals surface area contributed by atoms with E-state index >= 15 is 0 Å². The average molecular weight is 317 g/mol. The molecule has 0 saturated heterocycles. The zero-order chi connectivity index (χ0) is 16.5. The zero-order valence-corrected chi connectivity index (χ0v) is 13.7. The summed E-state index contributed by atoms with van der Waals surface area (Å²) in [5.74, 6) is 1.05. The number of hydrogen-bond donors (Lipinski definition) is 0. The van der Waals surface area contributed by atoms with Gasteiger partial charge in [-0.1, -0.05) is 48.0 Å². The summed E-state index contributed by atoms with van der Waals surface area (Å²) in [5.41, 5.74) is 4.41. The number of carbonyl (C=O) groups is 1. The number of rotatable bonds is 2. The molecule has 1 aliphatic heterocycles. The Balaban J connectivity index is 1.63. The number of furan rings is 1. The van der Waals surface area contributed by atoms with Crippen LogP contribution in [0.4, 0.5) is 5.69 Å². The maximum atomic E-state index is 12.9. The molecule has 1 aromatic heterocycles. The number of benzene rings is 2. The SMILES string of the molecule is Cc1ccc(-c2ccc(C(=O)N3CCCc4ccccc43)o2)cc1. The minimum absolute atomic E-state index is 0.0690. The van der Waals surface area contributed by atoms with Gasteiger partial charge in [-0.2, -0.15) is 0 Å². The highest BCUT2D eigenvalue weighted by molar-refractivity contribution is 6.05. The zero-order valence-electron chi connectivity index (χ0n) is 13.7. The number of fused-ring (bicyclic) bond motifs is 1. The summed E-state index contributed by atoms with van der Waals surface area (Å²) in [6.45, 7) is 2.78. The van der Waals surface area contributed by atoms with Crippen molar-refractivity contribution in [1.82, 2.24) is 0 Å². The molecule has 0 spiro atoms. The second-order valence-electron chi connectivity index (χ2n) is 6.22. The quantitative estimate of drug-likeness (QED) is 0.677. The second-order valence-corrected chi connectivity index (χ2v) is 6.22. The number of nitrogens with zero attached hydrogens (tertiary/aromatic N) is 1. The summed E-state index contributed by atoms with van der Waals surface area (Å²) in [7, 11) is 0. The first-order chi connectivity index (χ1) is 11.7. The Labute approximate surface area is 141 Å². The third kappa shape index (κ3) is 2.62.